The van der Waals surface area contributed by atoms with Crippen LogP contribution in [-0.2, 0) is 11.0 Å². The van der Waals surface area contributed by atoms with Crippen LogP contribution in [0.2, 0.25) is 0 Å². The molecule has 8 heteroatoms. The number of carbonyl (C=O) groups excluding carboxylic acids is 1. The highest BCUT2D eigenvalue weighted by Crippen LogP contribution is 2.35. The number of fused-ring (bicyclic) bond motifs is 1. The molecule has 1 heterocycles. The molecule has 108 valence electrons. The van der Waals surface area contributed by atoms with Crippen LogP contribution in [0.15, 0.2) is 22.5 Å². The summed E-state index contributed by atoms with van der Waals surface area (Å²) in [4.78, 5) is 15.5. The molecule has 0 bridgehead atoms. The molecule has 0 unspecified atom stereocenters. The smallest absolute Gasteiger partial charge is 0.281 e. The number of aromatic nitrogens is 1. The molecule has 0 aliphatic rings. The molecule has 0 fully saturated rings. The molecule has 1 aromatic carbocycles. The summed E-state index contributed by atoms with van der Waals surface area (Å²) >= 11 is 2.41. The summed E-state index contributed by atoms with van der Waals surface area (Å²) in [6, 6.07) is 3.47. The zero-order valence-corrected chi connectivity index (χ0v) is 12.3. The summed E-state index contributed by atoms with van der Waals surface area (Å²) < 4.78 is 40.6. The van der Waals surface area contributed by atoms with E-state index < -0.39 is 11.7 Å². The lowest BCUT2D eigenvalue weighted by Crippen LogP contribution is -2.20. The minimum atomic E-state index is -4.38. The number of hydrogen-bond donors (Lipinski definition) is 0. The van der Waals surface area contributed by atoms with Crippen molar-refractivity contribution in [2.75, 3.05) is 6.54 Å². The fourth-order valence-electron chi connectivity index (χ4n) is 1.57. The molecule has 3 nitrogen and oxygen atoms in total. The molecule has 2 aromatic rings. The molecule has 0 aliphatic carbocycles. The fourth-order valence-corrected chi connectivity index (χ4v) is 3.52. The van der Waals surface area contributed by atoms with Gasteiger partial charge in [0.15, 0.2) is 4.34 Å². The van der Waals surface area contributed by atoms with Crippen molar-refractivity contribution in [1.82, 2.24) is 9.29 Å². The standard InChI is InChI=1S/C12H11F3N2OS2/c1-3-17(7(2)18)20-11-16-9-6-8(12(13,14)15)4-5-10(9)19-11/h4-6H,3H2,1-2H3. The van der Waals surface area contributed by atoms with Crippen LogP contribution in [0.3, 0.4) is 0 Å². The maximum atomic E-state index is 12.6. The first-order valence-corrected chi connectivity index (χ1v) is 7.34. The molecule has 20 heavy (non-hydrogen) atoms. The molecule has 1 amide bonds. The Labute approximate surface area is 121 Å². The molecule has 0 aliphatic heterocycles. The van der Waals surface area contributed by atoms with Crippen LogP contribution in [0.4, 0.5) is 13.2 Å². The number of hydrogen-bond acceptors (Lipinski definition) is 4. The minimum Gasteiger partial charge on any atom is -0.281 e. The first-order chi connectivity index (χ1) is 9.31. The molecular weight excluding hydrogens is 309 g/mol. The highest BCUT2D eigenvalue weighted by Gasteiger charge is 2.30. The van der Waals surface area contributed by atoms with Crippen LogP contribution >= 0.6 is 23.3 Å². The average molecular weight is 320 g/mol. The van der Waals surface area contributed by atoms with Crippen LogP contribution < -0.4 is 0 Å². The predicted octanol–water partition coefficient (Wildman–Crippen LogP) is 4.19. The van der Waals surface area contributed by atoms with Crippen LogP contribution in [-0.4, -0.2) is 21.7 Å². The fraction of sp³-hybridized carbons (Fsp3) is 0.333. The summed E-state index contributed by atoms with van der Waals surface area (Å²) in [7, 11) is 0. The Morgan fingerprint density at radius 2 is 2.15 bits per heavy atom. The van der Waals surface area contributed by atoms with Crippen LogP contribution in [0.25, 0.3) is 10.2 Å². The van der Waals surface area contributed by atoms with E-state index >= 15 is 0 Å². The molecule has 1 aromatic heterocycles. The van der Waals surface area contributed by atoms with Crippen molar-refractivity contribution in [3.8, 4) is 0 Å². The Balaban J connectivity index is 2.32. The second-order valence-corrected chi connectivity index (χ2v) is 6.26. The predicted molar refractivity (Wildman–Crippen MR) is 73.5 cm³/mol. The van der Waals surface area contributed by atoms with Crippen molar-refractivity contribution in [1.29, 1.82) is 0 Å². The van der Waals surface area contributed by atoms with Gasteiger partial charge in [-0.3, -0.25) is 9.10 Å². The van der Waals surface area contributed by atoms with Crippen molar-refractivity contribution in [2.45, 2.75) is 24.4 Å². The van der Waals surface area contributed by atoms with Gasteiger partial charge in [0, 0.05) is 25.4 Å². The van der Waals surface area contributed by atoms with E-state index in [1.807, 2.05) is 6.92 Å². The number of rotatable bonds is 3. The van der Waals surface area contributed by atoms with Crippen LogP contribution in [0.1, 0.15) is 19.4 Å². The van der Waals surface area contributed by atoms with E-state index in [9.17, 15) is 18.0 Å². The van der Waals surface area contributed by atoms with Crippen LogP contribution in [0, 0.1) is 0 Å². The average Bonchev–Trinajstić information content (AvgIpc) is 2.75. The molecule has 0 N–H and O–H groups in total. The van der Waals surface area contributed by atoms with Gasteiger partial charge in [0.1, 0.15) is 0 Å². The minimum absolute atomic E-state index is 0.118. The Morgan fingerprint density at radius 3 is 2.70 bits per heavy atom. The normalized spacial score (nSPS) is 11.8. The molecule has 0 spiro atoms. The number of halogens is 3. The zero-order chi connectivity index (χ0) is 14.9. The zero-order valence-electron chi connectivity index (χ0n) is 10.7. The van der Waals surface area contributed by atoms with E-state index in [1.165, 1.54) is 28.6 Å². The lowest BCUT2D eigenvalue weighted by molar-refractivity contribution is -0.137. The number of nitrogens with zero attached hydrogens (tertiary/aromatic N) is 2. The first-order valence-electron chi connectivity index (χ1n) is 5.75. The van der Waals surface area contributed by atoms with Gasteiger partial charge < -0.3 is 0 Å². The van der Waals surface area contributed by atoms with E-state index in [0.717, 1.165) is 24.1 Å². The largest absolute Gasteiger partial charge is 0.416 e. The SMILES string of the molecule is CCN(Sc1nc2cc(C(F)(F)F)ccc2s1)C(C)=O. The van der Waals surface area contributed by atoms with Crippen molar-refractivity contribution in [2.24, 2.45) is 0 Å². The van der Waals surface area contributed by atoms with E-state index in [1.54, 1.807) is 0 Å². The topological polar surface area (TPSA) is 33.2 Å². The Bertz CT molecular complexity index is 639. The Morgan fingerprint density at radius 1 is 1.45 bits per heavy atom. The Kier molecular flexibility index (Phi) is 4.24. The van der Waals surface area contributed by atoms with Crippen LogP contribution in [0.5, 0.6) is 0 Å². The summed E-state index contributed by atoms with van der Waals surface area (Å²) in [6.45, 7) is 3.76. The maximum Gasteiger partial charge on any atom is 0.416 e. The second kappa shape index (κ2) is 5.61. The monoisotopic (exact) mass is 320 g/mol. The van der Waals surface area contributed by atoms with Gasteiger partial charge in [-0.05, 0) is 25.1 Å². The van der Waals surface area contributed by atoms with Crippen molar-refractivity contribution < 1.29 is 18.0 Å². The van der Waals surface area contributed by atoms with Gasteiger partial charge >= 0.3 is 6.18 Å². The lowest BCUT2D eigenvalue weighted by Gasteiger charge is -2.14. The van der Waals surface area contributed by atoms with Gasteiger partial charge in [-0.2, -0.15) is 13.2 Å². The van der Waals surface area contributed by atoms with E-state index in [2.05, 4.69) is 4.98 Å². The molecule has 0 atom stereocenters. The third kappa shape index (κ3) is 3.24. The first kappa shape index (κ1) is 15.1. The Hall–Kier alpha value is -1.28. The third-order valence-corrected chi connectivity index (χ3v) is 4.81. The molecular formula is C12H11F3N2OS2. The molecule has 2 rings (SSSR count). The summed E-state index contributed by atoms with van der Waals surface area (Å²) in [5, 5.41) is 0. The number of amides is 1. The molecule has 0 saturated heterocycles. The molecule has 0 saturated carbocycles. The van der Waals surface area contributed by atoms with Gasteiger partial charge in [0.25, 0.3) is 0 Å². The second-order valence-electron chi connectivity index (χ2n) is 3.97. The van der Waals surface area contributed by atoms with E-state index in [-0.39, 0.29) is 5.91 Å². The third-order valence-electron chi connectivity index (χ3n) is 2.52. The number of benzene rings is 1. The number of carbonyl (C=O) groups is 1. The lowest BCUT2D eigenvalue weighted by atomic mass is 10.2. The highest BCUT2D eigenvalue weighted by atomic mass is 32.2. The summed E-state index contributed by atoms with van der Waals surface area (Å²) in [5.41, 5.74) is -0.419. The highest BCUT2D eigenvalue weighted by molar-refractivity contribution is 7.99. The van der Waals surface area contributed by atoms with Crippen molar-refractivity contribution in [3.63, 3.8) is 0 Å². The summed E-state index contributed by atoms with van der Waals surface area (Å²) in [5.74, 6) is -0.118. The van der Waals surface area contributed by atoms with Gasteiger partial charge in [0.05, 0.1) is 15.8 Å². The molecule has 0 radical (unpaired) electrons. The van der Waals surface area contributed by atoms with E-state index in [4.69, 9.17) is 0 Å². The van der Waals surface area contributed by atoms with E-state index in [0.29, 0.717) is 21.1 Å². The quantitative estimate of drug-likeness (QED) is 0.795. The van der Waals surface area contributed by atoms with Gasteiger partial charge in [-0.25, -0.2) is 4.98 Å². The van der Waals surface area contributed by atoms with Gasteiger partial charge in [0.2, 0.25) is 5.91 Å². The van der Waals surface area contributed by atoms with Crippen molar-refractivity contribution in [3.05, 3.63) is 23.8 Å². The van der Waals surface area contributed by atoms with Gasteiger partial charge in [-0.1, -0.05) is 0 Å². The number of alkyl halides is 3. The van der Waals surface area contributed by atoms with Crippen molar-refractivity contribution >= 4 is 39.4 Å². The summed E-state index contributed by atoms with van der Waals surface area (Å²) in [6.07, 6.45) is -4.38. The van der Waals surface area contributed by atoms with Gasteiger partial charge in [-0.15, -0.1) is 11.3 Å². The number of thiazole rings is 1. The maximum absolute atomic E-state index is 12.6.